The highest BCUT2D eigenvalue weighted by Crippen LogP contribution is 2.29. The Labute approximate surface area is 157 Å². The van der Waals surface area contributed by atoms with Gasteiger partial charge in [0.15, 0.2) is 0 Å². The van der Waals surface area contributed by atoms with Crippen molar-refractivity contribution in [3.05, 3.63) is 57.7 Å². The van der Waals surface area contributed by atoms with E-state index < -0.39 is 0 Å². The third-order valence-electron chi connectivity index (χ3n) is 5.03. The number of piperidine rings is 1. The van der Waals surface area contributed by atoms with Gasteiger partial charge in [-0.15, -0.1) is 0 Å². The molecule has 4 rings (SSSR count). The van der Waals surface area contributed by atoms with Gasteiger partial charge in [0, 0.05) is 30.2 Å². The van der Waals surface area contributed by atoms with Crippen LogP contribution in [0.1, 0.15) is 19.3 Å². The van der Waals surface area contributed by atoms with Gasteiger partial charge < -0.3 is 14.6 Å². The van der Waals surface area contributed by atoms with E-state index in [0.717, 1.165) is 18.7 Å². The monoisotopic (exact) mass is 368 g/mol. The lowest BCUT2D eigenvalue weighted by Crippen LogP contribution is -2.29. The zero-order chi connectivity index (χ0) is 18.1. The number of H-pyrrole nitrogens is 1. The van der Waals surface area contributed by atoms with Crippen molar-refractivity contribution in [3.8, 4) is 17.0 Å². The number of nitrogens with one attached hydrogen (secondary N) is 1. The molecule has 2 aromatic carbocycles. The molecule has 0 saturated carbocycles. The van der Waals surface area contributed by atoms with Crippen LogP contribution in [0.15, 0.2) is 47.3 Å². The minimum absolute atomic E-state index is 0.168. The van der Waals surface area contributed by atoms with Crippen LogP contribution < -0.4 is 15.1 Å². The molecule has 4 nitrogen and oxygen atoms in total. The highest BCUT2D eigenvalue weighted by atomic mass is 35.5. The van der Waals surface area contributed by atoms with E-state index in [4.69, 9.17) is 16.3 Å². The maximum absolute atomic E-state index is 12.6. The van der Waals surface area contributed by atoms with E-state index in [2.05, 4.69) is 22.0 Å². The zero-order valence-electron chi connectivity index (χ0n) is 14.7. The Morgan fingerprint density at radius 2 is 1.77 bits per heavy atom. The number of anilines is 1. The lowest BCUT2D eigenvalue weighted by molar-refractivity contribution is 0.415. The lowest BCUT2D eigenvalue weighted by atomic mass is 10.1. The minimum atomic E-state index is -0.168. The van der Waals surface area contributed by atoms with Crippen LogP contribution in [0.5, 0.6) is 5.75 Å². The largest absolute Gasteiger partial charge is 0.497 e. The normalized spacial score (nSPS) is 14.6. The number of hydrogen-bond donors (Lipinski definition) is 1. The van der Waals surface area contributed by atoms with E-state index in [0.29, 0.717) is 22.3 Å². The molecule has 0 unspecified atom stereocenters. The summed E-state index contributed by atoms with van der Waals surface area (Å²) in [4.78, 5) is 18.3. The first-order chi connectivity index (χ1) is 12.7. The molecular weight excluding hydrogens is 348 g/mol. The summed E-state index contributed by atoms with van der Waals surface area (Å²) in [5.41, 5.74) is 3.31. The quantitative estimate of drug-likeness (QED) is 0.719. The molecule has 26 heavy (non-hydrogen) atoms. The van der Waals surface area contributed by atoms with Crippen LogP contribution in [0.4, 0.5) is 5.69 Å². The molecule has 0 atom stereocenters. The van der Waals surface area contributed by atoms with Gasteiger partial charge >= 0.3 is 0 Å². The van der Waals surface area contributed by atoms with Crippen LogP contribution >= 0.6 is 11.6 Å². The molecule has 1 N–H and O–H groups in total. The molecule has 1 fully saturated rings. The SMILES string of the molecule is COc1ccc2c(=O)c(Cl)c(-c3ccc(N4CCCCC4)cc3)[nH]c2c1. The summed E-state index contributed by atoms with van der Waals surface area (Å²) in [5, 5.41) is 0.776. The number of fused-ring (bicyclic) bond motifs is 1. The summed E-state index contributed by atoms with van der Waals surface area (Å²) in [6.07, 6.45) is 3.80. The molecule has 2 heterocycles. The fourth-order valence-corrected chi connectivity index (χ4v) is 3.82. The molecule has 0 bridgehead atoms. The van der Waals surface area contributed by atoms with E-state index in [1.807, 2.05) is 18.2 Å². The van der Waals surface area contributed by atoms with Gasteiger partial charge in [0.25, 0.3) is 0 Å². The van der Waals surface area contributed by atoms with E-state index in [-0.39, 0.29) is 10.5 Å². The number of methoxy groups -OCH3 is 1. The Kier molecular flexibility index (Phi) is 4.60. The number of ether oxygens (including phenoxy) is 1. The van der Waals surface area contributed by atoms with Gasteiger partial charge in [-0.2, -0.15) is 0 Å². The van der Waals surface area contributed by atoms with Crippen molar-refractivity contribution < 1.29 is 4.74 Å². The topological polar surface area (TPSA) is 45.3 Å². The average molecular weight is 369 g/mol. The number of benzene rings is 2. The first-order valence-corrected chi connectivity index (χ1v) is 9.30. The second-order valence-electron chi connectivity index (χ2n) is 6.65. The second kappa shape index (κ2) is 7.04. The molecule has 0 spiro atoms. The molecule has 0 radical (unpaired) electrons. The van der Waals surface area contributed by atoms with Gasteiger partial charge in [-0.05, 0) is 49.1 Å². The summed E-state index contributed by atoms with van der Waals surface area (Å²) in [6, 6.07) is 13.6. The number of rotatable bonds is 3. The minimum Gasteiger partial charge on any atom is -0.497 e. The standard InChI is InChI=1S/C21H21ClN2O2/c1-26-16-9-10-17-18(13-16)23-20(19(22)21(17)25)14-5-7-15(8-6-14)24-11-3-2-4-12-24/h5-10,13H,2-4,11-12H2,1H3,(H,23,25). The van der Waals surface area contributed by atoms with Crippen molar-refractivity contribution in [1.82, 2.24) is 4.98 Å². The molecular formula is C21H21ClN2O2. The highest BCUT2D eigenvalue weighted by Gasteiger charge is 2.14. The first kappa shape index (κ1) is 17.0. The third-order valence-corrected chi connectivity index (χ3v) is 5.39. The van der Waals surface area contributed by atoms with Gasteiger partial charge in [0.2, 0.25) is 5.43 Å². The molecule has 0 aliphatic carbocycles. The number of halogens is 1. The zero-order valence-corrected chi connectivity index (χ0v) is 15.5. The Bertz CT molecular complexity index is 989. The number of nitrogens with zero attached hydrogens (tertiary/aromatic N) is 1. The summed E-state index contributed by atoms with van der Waals surface area (Å²) in [6.45, 7) is 2.21. The Morgan fingerprint density at radius 3 is 2.46 bits per heavy atom. The van der Waals surface area contributed by atoms with Crippen LogP contribution in [-0.4, -0.2) is 25.2 Å². The molecule has 1 aliphatic rings. The number of pyridine rings is 1. The van der Waals surface area contributed by atoms with Crippen LogP contribution in [0, 0.1) is 0 Å². The van der Waals surface area contributed by atoms with Crippen LogP contribution in [-0.2, 0) is 0 Å². The fourth-order valence-electron chi connectivity index (χ4n) is 3.56. The van der Waals surface area contributed by atoms with Gasteiger partial charge in [0.1, 0.15) is 10.8 Å². The van der Waals surface area contributed by atoms with Gasteiger partial charge in [-0.1, -0.05) is 23.7 Å². The maximum Gasteiger partial charge on any atom is 0.208 e. The van der Waals surface area contributed by atoms with Crippen LogP contribution in [0.3, 0.4) is 0 Å². The summed E-state index contributed by atoms with van der Waals surface area (Å²) in [5.74, 6) is 0.696. The lowest BCUT2D eigenvalue weighted by Gasteiger charge is -2.28. The molecule has 1 saturated heterocycles. The maximum atomic E-state index is 12.6. The number of aromatic nitrogens is 1. The molecule has 1 aliphatic heterocycles. The Balaban J connectivity index is 1.75. The molecule has 3 aromatic rings. The fraction of sp³-hybridized carbons (Fsp3) is 0.286. The van der Waals surface area contributed by atoms with Crippen LogP contribution in [0.25, 0.3) is 22.2 Å². The third kappa shape index (κ3) is 3.06. The van der Waals surface area contributed by atoms with Crippen molar-refractivity contribution >= 4 is 28.2 Å². The summed E-state index contributed by atoms with van der Waals surface area (Å²) < 4.78 is 5.26. The molecule has 134 valence electrons. The molecule has 5 heteroatoms. The van der Waals surface area contributed by atoms with Crippen molar-refractivity contribution in [2.75, 3.05) is 25.1 Å². The summed E-state index contributed by atoms with van der Waals surface area (Å²) in [7, 11) is 1.61. The molecule has 1 aromatic heterocycles. The van der Waals surface area contributed by atoms with Gasteiger partial charge in [0.05, 0.1) is 18.3 Å². The summed E-state index contributed by atoms with van der Waals surface area (Å²) >= 11 is 6.38. The van der Waals surface area contributed by atoms with Crippen molar-refractivity contribution in [2.24, 2.45) is 0 Å². The van der Waals surface area contributed by atoms with Crippen molar-refractivity contribution in [1.29, 1.82) is 0 Å². The van der Waals surface area contributed by atoms with Gasteiger partial charge in [-0.25, -0.2) is 0 Å². The second-order valence-corrected chi connectivity index (χ2v) is 7.03. The van der Waals surface area contributed by atoms with E-state index >= 15 is 0 Å². The smallest absolute Gasteiger partial charge is 0.208 e. The van der Waals surface area contributed by atoms with E-state index in [1.165, 1.54) is 24.9 Å². The Morgan fingerprint density at radius 1 is 1.04 bits per heavy atom. The number of aromatic amines is 1. The predicted molar refractivity (Wildman–Crippen MR) is 108 cm³/mol. The average Bonchev–Trinajstić information content (AvgIpc) is 2.71. The molecule has 0 amide bonds. The van der Waals surface area contributed by atoms with E-state index in [9.17, 15) is 4.79 Å². The van der Waals surface area contributed by atoms with Gasteiger partial charge in [-0.3, -0.25) is 4.79 Å². The predicted octanol–water partition coefficient (Wildman–Crippen LogP) is 4.85. The van der Waals surface area contributed by atoms with E-state index in [1.54, 1.807) is 19.2 Å². The van der Waals surface area contributed by atoms with Crippen LogP contribution in [0.2, 0.25) is 5.02 Å². The Hall–Kier alpha value is -2.46. The first-order valence-electron chi connectivity index (χ1n) is 8.92. The van der Waals surface area contributed by atoms with Crippen molar-refractivity contribution in [3.63, 3.8) is 0 Å². The highest BCUT2D eigenvalue weighted by molar-refractivity contribution is 6.33. The van der Waals surface area contributed by atoms with Crippen molar-refractivity contribution in [2.45, 2.75) is 19.3 Å². The number of hydrogen-bond acceptors (Lipinski definition) is 3.